The number of benzene rings is 2. The largest absolute Gasteiger partial charge is 0.334 e. The first-order valence-corrected chi connectivity index (χ1v) is 12.3. The van der Waals surface area contributed by atoms with Crippen LogP contribution in [0.4, 0.5) is 5.69 Å². The molecular weight excluding hydrogens is 416 g/mol. The fraction of sp³-hybridized carbons (Fsp3) is 0.261. The summed E-state index contributed by atoms with van der Waals surface area (Å²) < 4.78 is 28.0. The zero-order valence-corrected chi connectivity index (χ0v) is 18.5. The lowest BCUT2D eigenvalue weighted by molar-refractivity contribution is 0.0754. The van der Waals surface area contributed by atoms with E-state index in [9.17, 15) is 13.2 Å². The maximum Gasteiger partial charge on any atom is 0.264 e. The Balaban J connectivity index is 1.56. The van der Waals surface area contributed by atoms with E-state index in [1.807, 2.05) is 48.7 Å². The van der Waals surface area contributed by atoms with Crippen molar-refractivity contribution >= 4 is 33.0 Å². The van der Waals surface area contributed by atoms with Crippen LogP contribution in [0.15, 0.2) is 70.9 Å². The van der Waals surface area contributed by atoms with Gasteiger partial charge < -0.3 is 4.90 Å². The van der Waals surface area contributed by atoms with Crippen LogP contribution in [0.25, 0.3) is 0 Å². The van der Waals surface area contributed by atoms with Gasteiger partial charge in [-0.1, -0.05) is 24.3 Å². The van der Waals surface area contributed by atoms with Crippen molar-refractivity contribution in [3.05, 3.63) is 82.0 Å². The Bertz CT molecular complexity index is 1120. The number of carbonyl (C=O) groups excluding carboxylic acids is 1. The second-order valence-electron chi connectivity index (χ2n) is 7.23. The summed E-state index contributed by atoms with van der Waals surface area (Å²) >= 11 is 1.62. The molecule has 1 amide bonds. The Morgan fingerprint density at radius 1 is 1.07 bits per heavy atom. The molecule has 0 atom stereocenters. The summed E-state index contributed by atoms with van der Waals surface area (Å²) in [6.07, 6.45) is 1.67. The van der Waals surface area contributed by atoms with Crippen LogP contribution in [0.2, 0.25) is 0 Å². The lowest BCUT2D eigenvalue weighted by Gasteiger charge is -2.30. The highest BCUT2D eigenvalue weighted by Gasteiger charge is 2.29. The smallest absolute Gasteiger partial charge is 0.264 e. The van der Waals surface area contributed by atoms with Gasteiger partial charge in [-0.2, -0.15) is 0 Å². The van der Waals surface area contributed by atoms with Crippen molar-refractivity contribution in [3.63, 3.8) is 0 Å². The van der Waals surface area contributed by atoms with Gasteiger partial charge in [0.05, 0.1) is 17.1 Å². The molecule has 0 aliphatic carbocycles. The summed E-state index contributed by atoms with van der Waals surface area (Å²) in [5.74, 6) is -0.0989. The summed E-state index contributed by atoms with van der Waals surface area (Å²) in [5.41, 5.74) is 2.29. The molecule has 4 rings (SSSR count). The molecule has 2 heterocycles. The summed E-state index contributed by atoms with van der Waals surface area (Å²) in [6.45, 7) is 3.54. The van der Waals surface area contributed by atoms with E-state index >= 15 is 0 Å². The van der Waals surface area contributed by atoms with Gasteiger partial charge in [0, 0.05) is 23.5 Å². The van der Waals surface area contributed by atoms with Crippen molar-refractivity contribution in [1.82, 2.24) is 4.90 Å². The van der Waals surface area contributed by atoms with Crippen molar-refractivity contribution in [2.45, 2.75) is 31.2 Å². The highest BCUT2D eigenvalue weighted by Crippen LogP contribution is 2.31. The van der Waals surface area contributed by atoms with Crippen molar-refractivity contribution in [2.75, 3.05) is 17.4 Å². The van der Waals surface area contributed by atoms with Gasteiger partial charge in [-0.05, 0) is 67.1 Å². The number of sulfonamides is 1. The molecule has 1 aliphatic heterocycles. The molecule has 0 bridgehead atoms. The first-order chi connectivity index (χ1) is 14.5. The number of thiophene rings is 1. The van der Waals surface area contributed by atoms with Gasteiger partial charge >= 0.3 is 0 Å². The third kappa shape index (κ3) is 4.00. The molecule has 0 radical (unpaired) electrons. The van der Waals surface area contributed by atoms with Crippen LogP contribution in [-0.2, 0) is 23.0 Å². The van der Waals surface area contributed by atoms with Crippen molar-refractivity contribution in [2.24, 2.45) is 0 Å². The maximum absolute atomic E-state index is 13.3. The van der Waals surface area contributed by atoms with Gasteiger partial charge in [-0.25, -0.2) is 8.42 Å². The minimum atomic E-state index is -3.67. The first-order valence-electron chi connectivity index (χ1n) is 10.0. The molecule has 156 valence electrons. The molecule has 0 saturated carbocycles. The van der Waals surface area contributed by atoms with Gasteiger partial charge in [0.15, 0.2) is 0 Å². The van der Waals surface area contributed by atoms with Gasteiger partial charge in [-0.3, -0.25) is 9.10 Å². The monoisotopic (exact) mass is 440 g/mol. The highest BCUT2D eigenvalue weighted by molar-refractivity contribution is 7.92. The fourth-order valence-electron chi connectivity index (χ4n) is 3.75. The molecule has 30 heavy (non-hydrogen) atoms. The number of carbonyl (C=O) groups is 1. The first kappa shape index (κ1) is 20.6. The van der Waals surface area contributed by atoms with E-state index in [-0.39, 0.29) is 10.8 Å². The fourth-order valence-corrected chi connectivity index (χ4v) is 6.01. The van der Waals surface area contributed by atoms with Crippen molar-refractivity contribution in [1.29, 1.82) is 0 Å². The Hall–Kier alpha value is -2.64. The molecule has 1 aliphatic rings. The van der Waals surface area contributed by atoms with Gasteiger partial charge in [0.2, 0.25) is 0 Å². The van der Waals surface area contributed by atoms with E-state index in [1.165, 1.54) is 4.31 Å². The minimum Gasteiger partial charge on any atom is -0.334 e. The SMILES string of the molecule is CCN(Cc1cccs1)C(=O)c1ccc(S(=O)(=O)N2CCCc3ccccc32)cc1. The predicted octanol–water partition coefficient (Wildman–Crippen LogP) is 4.55. The minimum absolute atomic E-state index is 0.0989. The number of hydrogen-bond acceptors (Lipinski definition) is 4. The average Bonchev–Trinajstić information content (AvgIpc) is 3.30. The number of para-hydroxylation sites is 1. The Morgan fingerprint density at radius 2 is 1.83 bits per heavy atom. The molecular formula is C23H24N2O3S2. The van der Waals surface area contributed by atoms with E-state index in [0.717, 1.165) is 29.0 Å². The second kappa shape index (κ2) is 8.62. The summed E-state index contributed by atoms with van der Waals surface area (Å²) in [6, 6.07) is 17.9. The molecule has 1 aromatic heterocycles. The van der Waals surface area contributed by atoms with Crippen LogP contribution in [0.5, 0.6) is 0 Å². The van der Waals surface area contributed by atoms with E-state index in [0.29, 0.717) is 25.2 Å². The Labute approximate surface area is 181 Å². The van der Waals surface area contributed by atoms with Gasteiger partial charge in [0.25, 0.3) is 15.9 Å². The molecule has 0 saturated heterocycles. The van der Waals surface area contributed by atoms with Gasteiger partial charge in [-0.15, -0.1) is 11.3 Å². The molecule has 0 N–H and O–H groups in total. The zero-order valence-electron chi connectivity index (χ0n) is 16.8. The summed E-state index contributed by atoms with van der Waals surface area (Å²) in [7, 11) is -3.67. The average molecular weight is 441 g/mol. The van der Waals surface area contributed by atoms with Crippen LogP contribution in [0, 0.1) is 0 Å². The number of rotatable bonds is 6. The molecule has 3 aromatic rings. The number of aryl methyl sites for hydroxylation is 1. The van der Waals surface area contributed by atoms with E-state index < -0.39 is 10.0 Å². The maximum atomic E-state index is 13.3. The second-order valence-corrected chi connectivity index (χ2v) is 10.1. The molecule has 0 unspecified atom stereocenters. The Morgan fingerprint density at radius 3 is 2.53 bits per heavy atom. The van der Waals surface area contributed by atoms with E-state index in [2.05, 4.69) is 0 Å². The molecule has 7 heteroatoms. The zero-order chi connectivity index (χ0) is 21.1. The third-order valence-corrected chi connectivity index (χ3v) is 8.04. The quantitative estimate of drug-likeness (QED) is 0.565. The standard InChI is InChI=1S/C23H24N2O3S2/c1-2-24(17-20-9-6-16-29-20)23(26)19-11-13-21(14-12-19)30(27,28)25-15-5-8-18-7-3-4-10-22(18)25/h3-4,6-7,9-14,16H,2,5,8,15,17H2,1H3. The molecule has 0 fully saturated rings. The molecule has 5 nitrogen and oxygen atoms in total. The normalized spacial score (nSPS) is 13.7. The van der Waals surface area contributed by atoms with Crippen LogP contribution in [0.1, 0.15) is 34.1 Å². The third-order valence-electron chi connectivity index (χ3n) is 5.35. The number of nitrogens with zero attached hydrogens (tertiary/aromatic N) is 2. The number of anilines is 1. The summed E-state index contributed by atoms with van der Waals surface area (Å²) in [4.78, 5) is 16.0. The number of hydrogen-bond donors (Lipinski definition) is 0. The number of amides is 1. The predicted molar refractivity (Wildman–Crippen MR) is 120 cm³/mol. The lowest BCUT2D eigenvalue weighted by Crippen LogP contribution is -2.35. The van der Waals surface area contributed by atoms with Crippen molar-refractivity contribution < 1.29 is 13.2 Å². The van der Waals surface area contributed by atoms with E-state index in [1.54, 1.807) is 40.5 Å². The number of fused-ring (bicyclic) bond motifs is 1. The Kier molecular flexibility index (Phi) is 5.92. The lowest BCUT2D eigenvalue weighted by atomic mass is 10.0. The van der Waals surface area contributed by atoms with Crippen molar-refractivity contribution in [3.8, 4) is 0 Å². The van der Waals surface area contributed by atoms with Crippen LogP contribution >= 0.6 is 11.3 Å². The van der Waals surface area contributed by atoms with Crippen LogP contribution in [-0.4, -0.2) is 32.3 Å². The van der Waals surface area contributed by atoms with Crippen LogP contribution < -0.4 is 4.31 Å². The van der Waals surface area contributed by atoms with Gasteiger partial charge in [0.1, 0.15) is 0 Å². The topological polar surface area (TPSA) is 57.7 Å². The highest BCUT2D eigenvalue weighted by atomic mass is 32.2. The summed E-state index contributed by atoms with van der Waals surface area (Å²) in [5, 5.41) is 1.99. The van der Waals surface area contributed by atoms with Crippen LogP contribution in [0.3, 0.4) is 0 Å². The molecule has 0 spiro atoms. The molecule has 2 aromatic carbocycles. The van der Waals surface area contributed by atoms with E-state index in [4.69, 9.17) is 0 Å².